The number of amides is 2. The van der Waals surface area contributed by atoms with E-state index < -0.39 is 11.9 Å². The first-order valence-electron chi connectivity index (χ1n) is 8.76. The van der Waals surface area contributed by atoms with Crippen LogP contribution in [0.15, 0.2) is 18.3 Å². The first-order valence-corrected chi connectivity index (χ1v) is 8.76. The van der Waals surface area contributed by atoms with Gasteiger partial charge < -0.3 is 20.1 Å². The van der Waals surface area contributed by atoms with Gasteiger partial charge >= 0.3 is 12.0 Å². The molecule has 1 saturated heterocycles. The number of piperidine rings is 1. The van der Waals surface area contributed by atoms with Gasteiger partial charge in [-0.05, 0) is 37.3 Å². The number of carboxylic acids is 1. The van der Waals surface area contributed by atoms with E-state index in [1.807, 2.05) is 32.9 Å². The highest BCUT2D eigenvalue weighted by Gasteiger charge is 2.31. The molecule has 0 aromatic carbocycles. The number of aromatic nitrogens is 1. The topological polar surface area (TPSA) is 91.8 Å². The van der Waals surface area contributed by atoms with Crippen LogP contribution in [0.5, 0.6) is 5.88 Å². The number of likely N-dealkylation sites (tertiary alicyclic amines) is 1. The predicted molar refractivity (Wildman–Crippen MR) is 93.3 cm³/mol. The fraction of sp³-hybridized carbons (Fsp3) is 0.611. The van der Waals surface area contributed by atoms with Gasteiger partial charge in [0.2, 0.25) is 5.88 Å². The van der Waals surface area contributed by atoms with E-state index in [2.05, 4.69) is 10.3 Å². The largest absolute Gasteiger partial charge is 0.481 e. The average Bonchev–Trinajstić information content (AvgIpc) is 2.59. The molecular formula is C18H27N3O4. The summed E-state index contributed by atoms with van der Waals surface area (Å²) in [5.74, 6) is -0.619. The van der Waals surface area contributed by atoms with Gasteiger partial charge in [-0.3, -0.25) is 4.79 Å². The zero-order valence-electron chi connectivity index (χ0n) is 15.1. The Morgan fingerprint density at radius 2 is 2.24 bits per heavy atom. The van der Waals surface area contributed by atoms with Crippen LogP contribution in [0.25, 0.3) is 0 Å². The third kappa shape index (κ3) is 5.62. The molecular weight excluding hydrogens is 322 g/mol. The summed E-state index contributed by atoms with van der Waals surface area (Å²) in [4.78, 5) is 29.3. The van der Waals surface area contributed by atoms with Gasteiger partial charge in [-0.1, -0.05) is 13.8 Å². The highest BCUT2D eigenvalue weighted by Crippen LogP contribution is 2.22. The van der Waals surface area contributed by atoms with Crippen LogP contribution < -0.4 is 10.1 Å². The van der Waals surface area contributed by atoms with Crippen LogP contribution in [0, 0.1) is 11.8 Å². The number of ether oxygens (including phenoxy) is 1. The molecule has 7 nitrogen and oxygen atoms in total. The van der Waals surface area contributed by atoms with Gasteiger partial charge in [-0.15, -0.1) is 0 Å². The highest BCUT2D eigenvalue weighted by atomic mass is 16.5. The molecule has 138 valence electrons. The Morgan fingerprint density at radius 1 is 1.48 bits per heavy atom. The summed E-state index contributed by atoms with van der Waals surface area (Å²) in [6.45, 7) is 7.17. The Kier molecular flexibility index (Phi) is 6.61. The fourth-order valence-corrected chi connectivity index (χ4v) is 2.90. The number of nitrogens with one attached hydrogen (secondary N) is 1. The van der Waals surface area contributed by atoms with Crippen LogP contribution in [0.2, 0.25) is 0 Å². The van der Waals surface area contributed by atoms with Crippen molar-refractivity contribution in [1.29, 1.82) is 0 Å². The zero-order chi connectivity index (χ0) is 18.4. The van der Waals surface area contributed by atoms with E-state index in [-0.39, 0.29) is 24.6 Å². The van der Waals surface area contributed by atoms with E-state index in [9.17, 15) is 14.7 Å². The SMILES string of the molecule is CCC(C)Oc1cc(CNC(=O)N2CC(C)CC(C(=O)O)C2)ccn1. The highest BCUT2D eigenvalue weighted by molar-refractivity contribution is 5.76. The normalized spacial score (nSPS) is 21.5. The molecule has 0 spiro atoms. The second-order valence-corrected chi connectivity index (χ2v) is 6.78. The molecule has 0 radical (unpaired) electrons. The number of hydrogen-bond acceptors (Lipinski definition) is 4. The molecule has 2 heterocycles. The first-order chi connectivity index (χ1) is 11.9. The zero-order valence-corrected chi connectivity index (χ0v) is 15.1. The summed E-state index contributed by atoms with van der Waals surface area (Å²) >= 11 is 0. The quantitative estimate of drug-likeness (QED) is 0.823. The van der Waals surface area contributed by atoms with Crippen molar-refractivity contribution < 1.29 is 19.4 Å². The van der Waals surface area contributed by atoms with Crippen molar-refractivity contribution in [2.75, 3.05) is 13.1 Å². The number of pyridine rings is 1. The second kappa shape index (κ2) is 8.69. The Morgan fingerprint density at radius 3 is 2.92 bits per heavy atom. The van der Waals surface area contributed by atoms with E-state index in [0.717, 1.165) is 12.0 Å². The van der Waals surface area contributed by atoms with Gasteiger partial charge in [-0.2, -0.15) is 0 Å². The summed E-state index contributed by atoms with van der Waals surface area (Å²) in [6.07, 6.45) is 3.24. The van der Waals surface area contributed by atoms with Crippen molar-refractivity contribution in [3.8, 4) is 5.88 Å². The van der Waals surface area contributed by atoms with E-state index in [0.29, 0.717) is 25.4 Å². The first kappa shape index (κ1) is 19.0. The van der Waals surface area contributed by atoms with Gasteiger partial charge in [0, 0.05) is 31.9 Å². The number of carboxylic acid groups (broad SMARTS) is 1. The van der Waals surface area contributed by atoms with E-state index >= 15 is 0 Å². The molecule has 1 aliphatic rings. The maximum absolute atomic E-state index is 12.4. The predicted octanol–water partition coefficient (Wildman–Crippen LogP) is 2.51. The molecule has 2 N–H and O–H groups in total. The van der Waals surface area contributed by atoms with Gasteiger partial charge in [0.25, 0.3) is 0 Å². The van der Waals surface area contributed by atoms with E-state index in [1.54, 1.807) is 11.1 Å². The Balaban J connectivity index is 1.91. The average molecular weight is 349 g/mol. The van der Waals surface area contributed by atoms with Crippen LogP contribution in [-0.4, -0.2) is 46.2 Å². The van der Waals surface area contributed by atoms with Gasteiger partial charge in [0.1, 0.15) is 0 Å². The van der Waals surface area contributed by atoms with Crippen molar-refractivity contribution in [3.05, 3.63) is 23.9 Å². The smallest absolute Gasteiger partial charge is 0.317 e. The minimum absolute atomic E-state index is 0.0835. The molecule has 2 rings (SSSR count). The lowest BCUT2D eigenvalue weighted by Gasteiger charge is -2.34. The summed E-state index contributed by atoms with van der Waals surface area (Å²) in [7, 11) is 0. The number of urea groups is 1. The third-order valence-electron chi connectivity index (χ3n) is 4.44. The molecule has 2 amide bonds. The maximum Gasteiger partial charge on any atom is 0.317 e. The van der Waals surface area contributed by atoms with Crippen LogP contribution in [-0.2, 0) is 11.3 Å². The monoisotopic (exact) mass is 349 g/mol. The Labute approximate surface area is 148 Å². The van der Waals surface area contributed by atoms with Crippen molar-refractivity contribution in [3.63, 3.8) is 0 Å². The summed E-state index contributed by atoms with van der Waals surface area (Å²) < 4.78 is 5.68. The fourth-order valence-electron chi connectivity index (χ4n) is 2.90. The molecule has 0 aliphatic carbocycles. The van der Waals surface area contributed by atoms with Crippen molar-refractivity contribution in [1.82, 2.24) is 15.2 Å². The summed E-state index contributed by atoms with van der Waals surface area (Å²) in [5, 5.41) is 12.1. The van der Waals surface area contributed by atoms with Crippen molar-refractivity contribution >= 4 is 12.0 Å². The van der Waals surface area contributed by atoms with Gasteiger partial charge in [0.15, 0.2) is 0 Å². The molecule has 3 unspecified atom stereocenters. The molecule has 1 aromatic heterocycles. The molecule has 1 fully saturated rings. The number of hydrogen-bond donors (Lipinski definition) is 2. The van der Waals surface area contributed by atoms with Gasteiger partial charge in [-0.25, -0.2) is 9.78 Å². The van der Waals surface area contributed by atoms with Gasteiger partial charge in [0.05, 0.1) is 12.0 Å². The Bertz CT molecular complexity index is 608. The summed E-state index contributed by atoms with van der Waals surface area (Å²) in [5.41, 5.74) is 0.890. The molecule has 1 aromatic rings. The summed E-state index contributed by atoms with van der Waals surface area (Å²) in [6, 6.07) is 3.40. The molecule has 0 bridgehead atoms. The van der Waals surface area contributed by atoms with E-state index in [4.69, 9.17) is 4.74 Å². The standard InChI is InChI=1S/C18H27N3O4/c1-4-13(3)25-16-8-14(5-6-19-16)9-20-18(24)21-10-12(2)7-15(11-21)17(22)23/h5-6,8,12-13,15H,4,7,9-11H2,1-3H3,(H,20,24)(H,22,23). The second-order valence-electron chi connectivity index (χ2n) is 6.78. The molecule has 1 aliphatic heterocycles. The number of aliphatic carboxylic acids is 1. The third-order valence-corrected chi connectivity index (χ3v) is 4.44. The molecule has 0 saturated carbocycles. The van der Waals surface area contributed by atoms with Crippen molar-refractivity contribution in [2.45, 2.75) is 46.3 Å². The van der Waals surface area contributed by atoms with Crippen LogP contribution in [0.1, 0.15) is 39.2 Å². The lowest BCUT2D eigenvalue weighted by atomic mass is 9.91. The Hall–Kier alpha value is -2.31. The van der Waals surface area contributed by atoms with Crippen LogP contribution in [0.3, 0.4) is 0 Å². The molecule has 25 heavy (non-hydrogen) atoms. The van der Waals surface area contributed by atoms with Crippen molar-refractivity contribution in [2.24, 2.45) is 11.8 Å². The minimum Gasteiger partial charge on any atom is -0.481 e. The number of carbonyl (C=O) groups excluding carboxylic acids is 1. The minimum atomic E-state index is -0.842. The number of nitrogens with zero attached hydrogens (tertiary/aromatic N) is 2. The molecule has 7 heteroatoms. The lowest BCUT2D eigenvalue weighted by molar-refractivity contribution is -0.143. The number of rotatable bonds is 6. The number of carbonyl (C=O) groups is 2. The van der Waals surface area contributed by atoms with E-state index in [1.165, 1.54) is 0 Å². The van der Waals surface area contributed by atoms with Crippen LogP contribution >= 0.6 is 0 Å². The molecule has 3 atom stereocenters. The lowest BCUT2D eigenvalue weighted by Crippen LogP contribution is -2.49. The maximum atomic E-state index is 12.4. The van der Waals surface area contributed by atoms with Crippen LogP contribution in [0.4, 0.5) is 4.79 Å².